The molecule has 0 fully saturated rings. The average Bonchev–Trinajstić information content (AvgIpc) is 2.59. The summed E-state index contributed by atoms with van der Waals surface area (Å²) in [5, 5.41) is 0. The summed E-state index contributed by atoms with van der Waals surface area (Å²) in [6.45, 7) is 2.13. The second-order valence-corrected chi connectivity index (χ2v) is 6.50. The van der Waals surface area contributed by atoms with E-state index in [0.717, 1.165) is 0 Å². The van der Waals surface area contributed by atoms with Gasteiger partial charge in [-0.25, -0.2) is 0 Å². The summed E-state index contributed by atoms with van der Waals surface area (Å²) in [6.07, 6.45) is 2.19. The summed E-state index contributed by atoms with van der Waals surface area (Å²) in [5.74, 6) is 0. The molecule has 0 bridgehead atoms. The second kappa shape index (κ2) is 6.41. The van der Waals surface area contributed by atoms with Crippen molar-refractivity contribution in [3.8, 4) is 0 Å². The van der Waals surface area contributed by atoms with Gasteiger partial charge < -0.3 is 0 Å². The normalized spacial score (nSPS) is 11.4. The molecular formula is C21H20S. The first kappa shape index (κ1) is 14.9. The summed E-state index contributed by atoms with van der Waals surface area (Å²) in [7, 11) is 0. The van der Waals surface area contributed by atoms with Gasteiger partial charge in [-0.2, -0.15) is 0 Å². The zero-order chi connectivity index (χ0) is 15.4. The molecule has 0 nitrogen and oxygen atoms in total. The zero-order valence-electron chi connectivity index (χ0n) is 13.0. The Morgan fingerprint density at radius 3 is 1.41 bits per heavy atom. The van der Waals surface area contributed by atoms with Crippen LogP contribution in [0.15, 0.2) is 84.9 Å². The van der Waals surface area contributed by atoms with E-state index in [-0.39, 0.29) is 4.75 Å². The van der Waals surface area contributed by atoms with E-state index in [0.29, 0.717) is 0 Å². The lowest BCUT2D eigenvalue weighted by molar-refractivity contribution is 0.897. The maximum absolute atomic E-state index is 2.26. The van der Waals surface area contributed by atoms with Crippen molar-refractivity contribution < 1.29 is 0 Å². The summed E-state index contributed by atoms with van der Waals surface area (Å²) >= 11 is 1.88. The molecule has 0 aromatic heterocycles. The molecule has 3 rings (SSSR count). The van der Waals surface area contributed by atoms with Gasteiger partial charge in [0.05, 0.1) is 4.75 Å². The molecule has 1 heteroatoms. The van der Waals surface area contributed by atoms with Crippen LogP contribution in [0.2, 0.25) is 0 Å². The number of aryl methyl sites for hydroxylation is 1. The maximum atomic E-state index is 2.26. The summed E-state index contributed by atoms with van der Waals surface area (Å²) in [4.78, 5) is 0. The molecule has 0 saturated carbocycles. The van der Waals surface area contributed by atoms with E-state index in [1.165, 1.54) is 22.3 Å². The van der Waals surface area contributed by atoms with E-state index in [9.17, 15) is 0 Å². The van der Waals surface area contributed by atoms with Crippen LogP contribution >= 0.6 is 11.8 Å². The van der Waals surface area contributed by atoms with Crippen molar-refractivity contribution in [2.75, 3.05) is 6.26 Å². The van der Waals surface area contributed by atoms with E-state index >= 15 is 0 Å². The molecule has 0 amide bonds. The summed E-state index contributed by atoms with van der Waals surface area (Å²) in [6, 6.07) is 30.5. The highest BCUT2D eigenvalue weighted by Gasteiger charge is 2.35. The Balaban J connectivity index is 2.28. The van der Waals surface area contributed by atoms with Crippen LogP contribution in [0.1, 0.15) is 22.3 Å². The minimum absolute atomic E-state index is 0.170. The molecule has 3 aromatic rings. The predicted molar refractivity (Wildman–Crippen MR) is 97.5 cm³/mol. The maximum Gasteiger partial charge on any atom is 0.0904 e. The third kappa shape index (κ3) is 2.57. The van der Waals surface area contributed by atoms with Crippen LogP contribution in [0.5, 0.6) is 0 Å². The molecule has 0 saturated heterocycles. The van der Waals surface area contributed by atoms with Crippen molar-refractivity contribution in [1.29, 1.82) is 0 Å². The Hall–Kier alpha value is -1.99. The molecule has 3 aromatic carbocycles. The Morgan fingerprint density at radius 2 is 1.00 bits per heavy atom. The lowest BCUT2D eigenvalue weighted by Gasteiger charge is -2.34. The van der Waals surface area contributed by atoms with Crippen LogP contribution in [0, 0.1) is 6.92 Å². The fourth-order valence-electron chi connectivity index (χ4n) is 2.99. The van der Waals surface area contributed by atoms with Gasteiger partial charge in [-0.05, 0) is 29.9 Å². The van der Waals surface area contributed by atoms with Crippen molar-refractivity contribution in [2.24, 2.45) is 0 Å². The van der Waals surface area contributed by atoms with Gasteiger partial charge in [0, 0.05) is 0 Å². The lowest BCUT2D eigenvalue weighted by atomic mass is 9.84. The van der Waals surface area contributed by atoms with Gasteiger partial charge in [-0.1, -0.05) is 90.5 Å². The van der Waals surface area contributed by atoms with E-state index in [4.69, 9.17) is 0 Å². The summed E-state index contributed by atoms with van der Waals surface area (Å²) < 4.78 is -0.170. The SMILES string of the molecule is CSC(c1ccccc1)(c1ccccc1)c1ccc(C)cc1. The third-order valence-electron chi connectivity index (χ3n) is 4.12. The predicted octanol–water partition coefficient (Wildman–Crippen LogP) is 5.65. The molecule has 0 aliphatic heterocycles. The molecule has 0 atom stereocenters. The van der Waals surface area contributed by atoms with Gasteiger partial charge in [0.2, 0.25) is 0 Å². The Kier molecular flexibility index (Phi) is 4.35. The monoisotopic (exact) mass is 304 g/mol. The molecule has 0 aliphatic carbocycles. The van der Waals surface area contributed by atoms with Gasteiger partial charge in [-0.3, -0.25) is 0 Å². The number of hydrogen-bond donors (Lipinski definition) is 0. The first-order valence-electron chi connectivity index (χ1n) is 7.51. The van der Waals surface area contributed by atoms with Crippen molar-refractivity contribution in [1.82, 2.24) is 0 Å². The standard InChI is InChI=1S/C21H20S/c1-17-13-15-20(16-14-17)21(22-2,18-9-5-3-6-10-18)19-11-7-4-8-12-19/h3-16H,1-2H3. The van der Waals surface area contributed by atoms with Crippen molar-refractivity contribution >= 4 is 11.8 Å². The molecule has 0 radical (unpaired) electrons. The highest BCUT2D eigenvalue weighted by molar-refractivity contribution is 8.00. The minimum atomic E-state index is -0.170. The Bertz CT molecular complexity index is 675. The highest BCUT2D eigenvalue weighted by Crippen LogP contribution is 2.47. The van der Waals surface area contributed by atoms with Gasteiger partial charge >= 0.3 is 0 Å². The Morgan fingerprint density at radius 1 is 0.591 bits per heavy atom. The van der Waals surface area contributed by atoms with Gasteiger partial charge in [0.1, 0.15) is 0 Å². The van der Waals surface area contributed by atoms with Crippen LogP contribution in [-0.2, 0) is 4.75 Å². The van der Waals surface area contributed by atoms with Gasteiger partial charge in [0.15, 0.2) is 0 Å². The Labute approximate surface area is 137 Å². The second-order valence-electron chi connectivity index (χ2n) is 5.48. The van der Waals surface area contributed by atoms with Crippen LogP contribution in [0.4, 0.5) is 0 Å². The van der Waals surface area contributed by atoms with Crippen LogP contribution in [-0.4, -0.2) is 6.26 Å². The smallest absolute Gasteiger partial charge is 0.0904 e. The average molecular weight is 304 g/mol. The number of rotatable bonds is 4. The van der Waals surface area contributed by atoms with Crippen LogP contribution in [0.25, 0.3) is 0 Å². The van der Waals surface area contributed by atoms with E-state index in [1.807, 2.05) is 11.8 Å². The topological polar surface area (TPSA) is 0 Å². The van der Waals surface area contributed by atoms with Crippen molar-refractivity contribution in [2.45, 2.75) is 11.7 Å². The van der Waals surface area contributed by atoms with Crippen molar-refractivity contribution in [3.05, 3.63) is 107 Å². The first-order valence-corrected chi connectivity index (χ1v) is 8.73. The largest absolute Gasteiger partial charge is 0.144 e. The quantitative estimate of drug-likeness (QED) is 0.561. The lowest BCUT2D eigenvalue weighted by Crippen LogP contribution is -2.25. The molecular weight excluding hydrogens is 284 g/mol. The number of benzene rings is 3. The van der Waals surface area contributed by atoms with E-state index < -0.39 is 0 Å². The fraction of sp³-hybridized carbons (Fsp3) is 0.143. The number of hydrogen-bond acceptors (Lipinski definition) is 1. The van der Waals surface area contributed by atoms with E-state index in [1.54, 1.807) is 0 Å². The van der Waals surface area contributed by atoms with Crippen LogP contribution < -0.4 is 0 Å². The van der Waals surface area contributed by atoms with Gasteiger partial charge in [-0.15, -0.1) is 11.8 Å². The van der Waals surface area contributed by atoms with E-state index in [2.05, 4.69) is 98.1 Å². The fourth-order valence-corrected chi connectivity index (χ4v) is 4.10. The molecule has 0 N–H and O–H groups in total. The number of thioether (sulfide) groups is 1. The van der Waals surface area contributed by atoms with Crippen LogP contribution in [0.3, 0.4) is 0 Å². The third-order valence-corrected chi connectivity index (χ3v) is 5.44. The molecule has 110 valence electrons. The minimum Gasteiger partial charge on any atom is -0.144 e. The first-order chi connectivity index (χ1) is 10.8. The molecule has 0 unspecified atom stereocenters. The molecule has 22 heavy (non-hydrogen) atoms. The van der Waals surface area contributed by atoms with Gasteiger partial charge in [0.25, 0.3) is 0 Å². The zero-order valence-corrected chi connectivity index (χ0v) is 13.8. The molecule has 0 aliphatic rings. The highest BCUT2D eigenvalue weighted by atomic mass is 32.2. The van der Waals surface area contributed by atoms with Crippen molar-refractivity contribution in [3.63, 3.8) is 0 Å². The molecule has 0 spiro atoms. The molecule has 0 heterocycles. The summed E-state index contributed by atoms with van der Waals surface area (Å²) in [5.41, 5.74) is 5.25.